The summed E-state index contributed by atoms with van der Waals surface area (Å²) in [6, 6.07) is 7.32. The maximum absolute atomic E-state index is 11.0. The summed E-state index contributed by atoms with van der Waals surface area (Å²) in [5.74, 6) is -2.18. The molecule has 1 heterocycles. The maximum atomic E-state index is 11.0. The van der Waals surface area contributed by atoms with Crippen LogP contribution in [0.1, 0.15) is 5.56 Å². The van der Waals surface area contributed by atoms with Gasteiger partial charge < -0.3 is 10.1 Å². The number of H-pyrrole nitrogens is 1. The summed E-state index contributed by atoms with van der Waals surface area (Å²) < 4.78 is 0. The minimum atomic E-state index is -1.39. The maximum Gasteiger partial charge on any atom is 0.372 e. The summed E-state index contributed by atoms with van der Waals surface area (Å²) in [6.45, 7) is 0. The number of carbonyl (C=O) groups is 2. The van der Waals surface area contributed by atoms with Crippen molar-refractivity contribution in [3.8, 4) is 0 Å². The van der Waals surface area contributed by atoms with Gasteiger partial charge in [0.05, 0.1) is 0 Å². The highest BCUT2D eigenvalue weighted by molar-refractivity contribution is 6.33. The van der Waals surface area contributed by atoms with E-state index in [0.29, 0.717) is 5.56 Å². The van der Waals surface area contributed by atoms with Crippen molar-refractivity contribution in [2.75, 3.05) is 0 Å². The van der Waals surface area contributed by atoms with Crippen LogP contribution in [0.15, 0.2) is 30.5 Å². The van der Waals surface area contributed by atoms with Crippen LogP contribution in [0.4, 0.5) is 0 Å². The quantitative estimate of drug-likeness (QED) is 0.740. The number of rotatable bonds is 3. The van der Waals surface area contributed by atoms with Gasteiger partial charge in [-0.2, -0.15) is 0 Å². The molecule has 0 aliphatic heterocycles. The number of carboxylic acids is 1. The third-order valence-electron chi connectivity index (χ3n) is 2.22. The Balaban J connectivity index is 2.28. The molecular weight excluding hydrogens is 194 g/mol. The molecule has 0 bridgehead atoms. The van der Waals surface area contributed by atoms with Gasteiger partial charge in [-0.25, -0.2) is 4.79 Å². The highest BCUT2D eigenvalue weighted by atomic mass is 16.4. The number of carbonyl (C=O) groups excluding carboxylic acids is 1. The Hall–Kier alpha value is -2.10. The number of fused-ring (bicyclic) bond motifs is 1. The molecule has 2 N–H and O–H groups in total. The van der Waals surface area contributed by atoms with Gasteiger partial charge in [0.1, 0.15) is 0 Å². The molecule has 1 aromatic carbocycles. The molecule has 0 aliphatic carbocycles. The van der Waals surface area contributed by atoms with Crippen molar-refractivity contribution in [3.63, 3.8) is 0 Å². The number of benzene rings is 1. The number of carboxylic acid groups (broad SMARTS) is 1. The molecule has 0 saturated heterocycles. The van der Waals surface area contributed by atoms with E-state index in [4.69, 9.17) is 5.11 Å². The van der Waals surface area contributed by atoms with E-state index < -0.39 is 11.8 Å². The van der Waals surface area contributed by atoms with Gasteiger partial charge in [-0.15, -0.1) is 0 Å². The largest absolute Gasteiger partial charge is 0.475 e. The number of hydrogen-bond acceptors (Lipinski definition) is 2. The lowest BCUT2D eigenvalue weighted by molar-refractivity contribution is -0.148. The highest BCUT2D eigenvalue weighted by Crippen LogP contribution is 2.14. The van der Waals surface area contributed by atoms with Crippen LogP contribution in [-0.4, -0.2) is 21.8 Å². The zero-order valence-corrected chi connectivity index (χ0v) is 7.86. The molecule has 0 aliphatic rings. The zero-order valence-electron chi connectivity index (χ0n) is 7.86. The normalized spacial score (nSPS) is 10.4. The lowest BCUT2D eigenvalue weighted by atomic mass is 10.1. The number of ketones is 1. The topological polar surface area (TPSA) is 70.2 Å². The standard InChI is InChI=1S/C11H9NO3/c13-10(11(14)15)6-7-1-2-8-3-4-12-9(8)5-7/h1-5,12H,6H2,(H,14,15). The molecule has 1 aromatic heterocycles. The molecule has 0 unspecified atom stereocenters. The molecule has 4 nitrogen and oxygen atoms in total. The van der Waals surface area contributed by atoms with E-state index in [1.54, 1.807) is 18.3 Å². The highest BCUT2D eigenvalue weighted by Gasteiger charge is 2.12. The first-order valence-corrected chi connectivity index (χ1v) is 4.49. The van der Waals surface area contributed by atoms with Crippen LogP contribution >= 0.6 is 0 Å². The van der Waals surface area contributed by atoms with E-state index in [-0.39, 0.29) is 6.42 Å². The Kier molecular flexibility index (Phi) is 2.25. The van der Waals surface area contributed by atoms with Gasteiger partial charge in [0.2, 0.25) is 5.78 Å². The number of Topliss-reactive ketones (excluding diaryl/α,β-unsaturated/α-hetero) is 1. The van der Waals surface area contributed by atoms with Crippen molar-refractivity contribution in [2.45, 2.75) is 6.42 Å². The van der Waals surface area contributed by atoms with E-state index in [2.05, 4.69) is 4.98 Å². The van der Waals surface area contributed by atoms with Crippen molar-refractivity contribution < 1.29 is 14.7 Å². The average Bonchev–Trinajstić information content (AvgIpc) is 2.64. The van der Waals surface area contributed by atoms with Gasteiger partial charge in [-0.05, 0) is 23.1 Å². The van der Waals surface area contributed by atoms with Crippen LogP contribution in [0.2, 0.25) is 0 Å². The van der Waals surface area contributed by atoms with Gasteiger partial charge in [0.15, 0.2) is 0 Å². The molecule has 0 saturated carbocycles. The Labute approximate surface area is 85.5 Å². The smallest absolute Gasteiger partial charge is 0.372 e. The first-order chi connectivity index (χ1) is 7.16. The monoisotopic (exact) mass is 203 g/mol. The molecule has 0 spiro atoms. The van der Waals surface area contributed by atoms with E-state index >= 15 is 0 Å². The fourth-order valence-corrected chi connectivity index (χ4v) is 1.47. The van der Waals surface area contributed by atoms with Crippen LogP contribution in [0.5, 0.6) is 0 Å². The summed E-state index contributed by atoms with van der Waals surface area (Å²) in [6.07, 6.45) is 1.73. The van der Waals surface area contributed by atoms with E-state index in [1.165, 1.54) is 0 Å². The Morgan fingerprint density at radius 3 is 2.80 bits per heavy atom. The molecule has 4 heteroatoms. The van der Waals surface area contributed by atoms with Crippen LogP contribution in [0.25, 0.3) is 10.9 Å². The van der Waals surface area contributed by atoms with Gasteiger partial charge in [-0.1, -0.05) is 12.1 Å². The van der Waals surface area contributed by atoms with Crippen molar-refractivity contribution in [1.29, 1.82) is 0 Å². The van der Waals surface area contributed by atoms with Gasteiger partial charge in [0.25, 0.3) is 0 Å². The van der Waals surface area contributed by atoms with Gasteiger partial charge in [0, 0.05) is 18.1 Å². The van der Waals surface area contributed by atoms with Crippen LogP contribution < -0.4 is 0 Å². The third kappa shape index (κ3) is 1.88. The summed E-state index contributed by atoms with van der Waals surface area (Å²) in [5, 5.41) is 9.50. The minimum absolute atomic E-state index is 0.0652. The van der Waals surface area contributed by atoms with Gasteiger partial charge >= 0.3 is 5.97 Å². The Morgan fingerprint density at radius 2 is 2.07 bits per heavy atom. The molecule has 2 rings (SSSR count). The molecular formula is C11H9NO3. The number of nitrogens with one attached hydrogen (secondary N) is 1. The van der Waals surface area contributed by atoms with E-state index in [1.807, 2.05) is 12.1 Å². The van der Waals surface area contributed by atoms with Crippen molar-refractivity contribution in [1.82, 2.24) is 4.98 Å². The fourth-order valence-electron chi connectivity index (χ4n) is 1.47. The number of hydrogen-bond donors (Lipinski definition) is 2. The summed E-state index contributed by atoms with van der Waals surface area (Å²) >= 11 is 0. The second-order valence-electron chi connectivity index (χ2n) is 3.30. The molecule has 15 heavy (non-hydrogen) atoms. The molecule has 0 amide bonds. The average molecular weight is 203 g/mol. The first-order valence-electron chi connectivity index (χ1n) is 4.49. The molecule has 76 valence electrons. The Bertz CT molecular complexity index is 527. The summed E-state index contributed by atoms with van der Waals surface area (Å²) in [7, 11) is 0. The fraction of sp³-hybridized carbons (Fsp3) is 0.0909. The lowest BCUT2D eigenvalue weighted by Crippen LogP contribution is -2.14. The molecule has 0 atom stereocenters. The molecule has 0 fully saturated rings. The Morgan fingerprint density at radius 1 is 1.27 bits per heavy atom. The minimum Gasteiger partial charge on any atom is -0.475 e. The van der Waals surface area contributed by atoms with Crippen molar-refractivity contribution in [3.05, 3.63) is 36.0 Å². The van der Waals surface area contributed by atoms with Gasteiger partial charge in [-0.3, -0.25) is 4.79 Å². The number of aromatic nitrogens is 1. The van der Waals surface area contributed by atoms with Crippen LogP contribution in [0, 0.1) is 0 Å². The van der Waals surface area contributed by atoms with Crippen LogP contribution in [0.3, 0.4) is 0 Å². The number of aromatic amines is 1. The van der Waals surface area contributed by atoms with E-state index in [0.717, 1.165) is 10.9 Å². The third-order valence-corrected chi connectivity index (χ3v) is 2.22. The zero-order chi connectivity index (χ0) is 10.8. The predicted octanol–water partition coefficient (Wildman–Crippen LogP) is 1.36. The second-order valence-corrected chi connectivity index (χ2v) is 3.30. The summed E-state index contributed by atoms with van der Waals surface area (Å²) in [4.78, 5) is 24.3. The first kappa shape index (κ1) is 9.45. The SMILES string of the molecule is O=C(O)C(=O)Cc1ccc2cc[nH]c2c1. The second kappa shape index (κ2) is 3.57. The van der Waals surface area contributed by atoms with Crippen molar-refractivity contribution in [2.24, 2.45) is 0 Å². The predicted molar refractivity (Wildman–Crippen MR) is 54.6 cm³/mol. The van der Waals surface area contributed by atoms with Crippen molar-refractivity contribution >= 4 is 22.7 Å². The molecule has 0 radical (unpaired) electrons. The number of aliphatic carboxylic acids is 1. The van der Waals surface area contributed by atoms with Crippen LogP contribution in [-0.2, 0) is 16.0 Å². The molecule has 2 aromatic rings. The summed E-state index contributed by atoms with van der Waals surface area (Å²) in [5.41, 5.74) is 1.61. The lowest BCUT2D eigenvalue weighted by Gasteiger charge is -1.98. The van der Waals surface area contributed by atoms with E-state index in [9.17, 15) is 9.59 Å².